The molecule has 5 N–H and O–H groups in total. The zero-order valence-corrected chi connectivity index (χ0v) is 24.1. The van der Waals surface area contributed by atoms with Gasteiger partial charge in [0.2, 0.25) is 0 Å². The maximum atomic E-state index is 13.6. The van der Waals surface area contributed by atoms with Crippen LogP contribution in [-0.4, -0.2) is 57.8 Å². The van der Waals surface area contributed by atoms with Crippen LogP contribution >= 0.6 is 0 Å². The highest BCUT2D eigenvalue weighted by molar-refractivity contribution is 6.08. The highest BCUT2D eigenvalue weighted by atomic mass is 16.5. The van der Waals surface area contributed by atoms with Crippen molar-refractivity contribution in [2.24, 2.45) is 0 Å². The summed E-state index contributed by atoms with van der Waals surface area (Å²) in [6.45, 7) is 1.39. The fourth-order valence-electron chi connectivity index (χ4n) is 4.78. The van der Waals surface area contributed by atoms with Crippen molar-refractivity contribution in [3.05, 3.63) is 119 Å². The number of hydrogen-bond donors (Lipinski definition) is 5. The van der Waals surface area contributed by atoms with Gasteiger partial charge >= 0.3 is 11.9 Å². The van der Waals surface area contributed by atoms with Gasteiger partial charge in [-0.3, -0.25) is 9.59 Å². The van der Waals surface area contributed by atoms with E-state index in [4.69, 9.17) is 4.74 Å². The second-order valence-corrected chi connectivity index (χ2v) is 10.4. The molecule has 0 aromatic heterocycles. The summed E-state index contributed by atoms with van der Waals surface area (Å²) in [5, 5.41) is 34.6. The summed E-state index contributed by atoms with van der Waals surface area (Å²) in [5.74, 6) is -3.08. The molecule has 0 heterocycles. The van der Waals surface area contributed by atoms with Crippen molar-refractivity contribution in [3.63, 3.8) is 0 Å². The monoisotopic (exact) mass is 596 g/mol. The zero-order valence-electron chi connectivity index (χ0n) is 24.1. The summed E-state index contributed by atoms with van der Waals surface area (Å²) >= 11 is 0. The number of amides is 2. The van der Waals surface area contributed by atoms with E-state index in [1.807, 2.05) is 0 Å². The molecule has 0 spiro atoms. The Balaban J connectivity index is 1.63. The molecule has 0 fully saturated rings. The molecule has 4 aromatic carbocycles. The first-order chi connectivity index (χ1) is 21.0. The number of benzene rings is 4. The summed E-state index contributed by atoms with van der Waals surface area (Å²) in [5.41, 5.74) is 0.663. The molecule has 0 saturated carbocycles. The Morgan fingerprint density at radius 2 is 1.20 bits per heavy atom. The van der Waals surface area contributed by atoms with Gasteiger partial charge in [-0.2, -0.15) is 0 Å². The first-order valence-electron chi connectivity index (χ1n) is 13.7. The number of aromatic hydroxyl groups is 2. The van der Waals surface area contributed by atoms with Gasteiger partial charge in [0.1, 0.15) is 23.1 Å². The number of aliphatic carboxylic acids is 1. The van der Waals surface area contributed by atoms with E-state index in [1.165, 1.54) is 44.4 Å². The number of carbonyl (C=O) groups is 4. The van der Waals surface area contributed by atoms with Gasteiger partial charge in [0.15, 0.2) is 0 Å². The first-order valence-corrected chi connectivity index (χ1v) is 13.7. The summed E-state index contributed by atoms with van der Waals surface area (Å²) < 4.78 is 4.91. The van der Waals surface area contributed by atoms with Gasteiger partial charge in [-0.15, -0.1) is 0 Å². The number of carbonyl (C=O) groups excluding carboxylic acids is 3. The van der Waals surface area contributed by atoms with Gasteiger partial charge < -0.3 is 30.7 Å². The Labute approximate surface area is 253 Å². The molecule has 2 atom stereocenters. The van der Waals surface area contributed by atoms with Crippen LogP contribution in [0.1, 0.15) is 38.8 Å². The largest absolute Gasteiger partial charge is 0.508 e. The predicted octanol–water partition coefficient (Wildman–Crippen LogP) is 4.09. The smallest absolute Gasteiger partial charge is 0.329 e. The van der Waals surface area contributed by atoms with E-state index in [9.17, 15) is 34.5 Å². The normalized spacial score (nSPS) is 12.8. The number of nitrogens with one attached hydrogen (secondary N) is 2. The lowest BCUT2D eigenvalue weighted by Crippen LogP contribution is -2.53. The van der Waals surface area contributed by atoms with Crippen molar-refractivity contribution in [3.8, 4) is 22.6 Å². The number of rotatable bonds is 11. The molecule has 2 amide bonds. The van der Waals surface area contributed by atoms with Crippen LogP contribution in [0.5, 0.6) is 11.5 Å². The molecule has 0 aliphatic rings. The molecule has 0 saturated heterocycles. The molecule has 0 radical (unpaired) electrons. The van der Waals surface area contributed by atoms with E-state index in [1.54, 1.807) is 66.7 Å². The molecule has 0 unspecified atom stereocenters. The molecule has 10 nitrogen and oxygen atoms in total. The lowest BCUT2D eigenvalue weighted by atomic mass is 9.90. The first kappa shape index (κ1) is 31.3. The Morgan fingerprint density at radius 1 is 0.727 bits per heavy atom. The summed E-state index contributed by atoms with van der Waals surface area (Å²) in [4.78, 5) is 52.1. The minimum Gasteiger partial charge on any atom is -0.508 e. The zero-order chi connectivity index (χ0) is 31.9. The number of hydrogen-bond acceptors (Lipinski definition) is 7. The van der Waals surface area contributed by atoms with Gasteiger partial charge in [0, 0.05) is 24.0 Å². The third kappa shape index (κ3) is 7.40. The second kappa shape index (κ2) is 13.6. The minimum absolute atomic E-state index is 0.0321. The summed E-state index contributed by atoms with van der Waals surface area (Å²) in [7, 11) is 1.22. The third-order valence-electron chi connectivity index (χ3n) is 7.16. The van der Waals surface area contributed by atoms with Crippen LogP contribution < -0.4 is 10.6 Å². The number of carboxylic acids is 1. The maximum Gasteiger partial charge on any atom is 0.329 e. The van der Waals surface area contributed by atoms with E-state index >= 15 is 0 Å². The van der Waals surface area contributed by atoms with Gasteiger partial charge in [-0.25, -0.2) is 9.59 Å². The SMILES string of the molecule is COC(=O)[C@H](Cc1ccc(O)cc1)NC(=O)c1ccccc1-c1ccccc1C(=O)N[C@@](C)(Cc1ccc(O)cc1)C(=O)O. The Bertz CT molecular complexity index is 1670. The lowest BCUT2D eigenvalue weighted by Gasteiger charge is -2.27. The quantitative estimate of drug-likeness (QED) is 0.162. The van der Waals surface area contributed by atoms with E-state index in [0.29, 0.717) is 22.3 Å². The Morgan fingerprint density at radius 3 is 1.70 bits per heavy atom. The van der Waals surface area contributed by atoms with Crippen molar-refractivity contribution in [2.45, 2.75) is 31.3 Å². The van der Waals surface area contributed by atoms with Crippen molar-refractivity contribution < 1.29 is 39.2 Å². The molecule has 10 heteroatoms. The van der Waals surface area contributed by atoms with E-state index in [-0.39, 0.29) is 35.5 Å². The summed E-state index contributed by atoms with van der Waals surface area (Å²) in [6.07, 6.45) is 0.0557. The number of esters is 1. The molecule has 0 aliphatic heterocycles. The molecule has 0 bridgehead atoms. The fraction of sp³-hybridized carbons (Fsp3) is 0.176. The van der Waals surface area contributed by atoms with E-state index in [2.05, 4.69) is 10.6 Å². The second-order valence-electron chi connectivity index (χ2n) is 10.4. The van der Waals surface area contributed by atoms with E-state index in [0.717, 1.165) is 0 Å². The van der Waals surface area contributed by atoms with Gasteiger partial charge in [-0.1, -0.05) is 60.7 Å². The van der Waals surface area contributed by atoms with Crippen LogP contribution in [0.15, 0.2) is 97.1 Å². The molecule has 0 aliphatic carbocycles. The van der Waals surface area contributed by atoms with E-state index < -0.39 is 35.3 Å². The molecule has 4 aromatic rings. The number of carboxylic acid groups (broad SMARTS) is 1. The average Bonchev–Trinajstić information content (AvgIpc) is 3.02. The molecular formula is C34H32N2O8. The van der Waals surface area contributed by atoms with Crippen molar-refractivity contribution in [2.75, 3.05) is 7.11 Å². The van der Waals surface area contributed by atoms with Gasteiger partial charge in [-0.05, 0) is 65.6 Å². The number of phenolic OH excluding ortho intramolecular Hbond substituents is 2. The highest BCUT2D eigenvalue weighted by Crippen LogP contribution is 2.28. The van der Waals surface area contributed by atoms with Crippen LogP contribution in [0.4, 0.5) is 0 Å². The number of phenols is 2. The number of ether oxygens (including phenoxy) is 1. The minimum atomic E-state index is -1.69. The molecular weight excluding hydrogens is 564 g/mol. The topological polar surface area (TPSA) is 162 Å². The summed E-state index contributed by atoms with van der Waals surface area (Å²) in [6, 6.07) is 24.3. The van der Waals surface area contributed by atoms with Crippen LogP contribution in [0.3, 0.4) is 0 Å². The average molecular weight is 597 g/mol. The standard InChI is InChI=1S/C34H32N2O8/c1-34(33(42)43,20-22-13-17-24(38)18-14-22)36-31(40)28-10-6-4-8-26(28)25-7-3-5-9-27(25)30(39)35-29(32(41)44-2)19-21-11-15-23(37)16-12-21/h3-18,29,37-38H,19-20H2,1-2H3,(H,35,39)(H,36,40)(H,42,43)/t29-,34-/m0/s1. The van der Waals surface area contributed by atoms with Crippen molar-refractivity contribution >= 4 is 23.8 Å². The highest BCUT2D eigenvalue weighted by Gasteiger charge is 2.36. The van der Waals surface area contributed by atoms with Crippen LogP contribution in [0.2, 0.25) is 0 Å². The number of methoxy groups -OCH3 is 1. The predicted molar refractivity (Wildman–Crippen MR) is 162 cm³/mol. The van der Waals surface area contributed by atoms with Crippen molar-refractivity contribution in [1.82, 2.24) is 10.6 Å². The molecule has 226 valence electrons. The van der Waals surface area contributed by atoms with Crippen LogP contribution in [0, 0.1) is 0 Å². The van der Waals surface area contributed by atoms with Crippen molar-refractivity contribution in [1.29, 1.82) is 0 Å². The van der Waals surface area contributed by atoms with Crippen LogP contribution in [-0.2, 0) is 27.2 Å². The molecule has 4 rings (SSSR count). The molecule has 44 heavy (non-hydrogen) atoms. The van der Waals surface area contributed by atoms with Gasteiger partial charge in [0.05, 0.1) is 7.11 Å². The third-order valence-corrected chi connectivity index (χ3v) is 7.16. The Hall–Kier alpha value is -5.64. The maximum absolute atomic E-state index is 13.6. The van der Waals surface area contributed by atoms with Crippen LogP contribution in [0.25, 0.3) is 11.1 Å². The fourth-order valence-corrected chi connectivity index (χ4v) is 4.78. The Kier molecular flexibility index (Phi) is 9.64. The van der Waals surface area contributed by atoms with Gasteiger partial charge in [0.25, 0.3) is 11.8 Å². The lowest BCUT2D eigenvalue weighted by molar-refractivity contribution is -0.144.